The van der Waals surface area contributed by atoms with Gasteiger partial charge in [0.2, 0.25) is 0 Å². The van der Waals surface area contributed by atoms with Crippen LogP contribution in [0.1, 0.15) is 29.9 Å². The maximum atomic E-state index is 4.85. The van der Waals surface area contributed by atoms with Crippen LogP contribution in [-0.4, -0.2) is 36.3 Å². The van der Waals surface area contributed by atoms with Gasteiger partial charge < -0.3 is 9.88 Å². The van der Waals surface area contributed by atoms with Crippen LogP contribution < -0.4 is 5.32 Å². The van der Waals surface area contributed by atoms with Gasteiger partial charge in [0.15, 0.2) is 5.82 Å². The predicted molar refractivity (Wildman–Crippen MR) is 97.6 cm³/mol. The number of aryl methyl sites for hydroxylation is 2. The Morgan fingerprint density at radius 2 is 2.04 bits per heavy atom. The Bertz CT molecular complexity index is 919. The topological polar surface area (TPSA) is 81.4 Å². The minimum Gasteiger partial charge on any atom is -0.369 e. The van der Waals surface area contributed by atoms with E-state index < -0.39 is 0 Å². The van der Waals surface area contributed by atoms with Gasteiger partial charge in [0.1, 0.15) is 18.0 Å². The highest BCUT2D eigenvalue weighted by atomic mass is 15.3. The first kappa shape index (κ1) is 15.4. The molecule has 3 aromatic heterocycles. The Balaban J connectivity index is 1.38. The summed E-state index contributed by atoms with van der Waals surface area (Å²) in [7, 11) is 0. The number of anilines is 1. The van der Waals surface area contributed by atoms with E-state index in [4.69, 9.17) is 9.97 Å². The van der Waals surface area contributed by atoms with Crippen LogP contribution in [0.3, 0.4) is 0 Å². The second-order valence-corrected chi connectivity index (χ2v) is 7.10. The zero-order chi connectivity index (χ0) is 17.3. The molecule has 0 aromatic carbocycles. The predicted octanol–water partition coefficient (Wildman–Crippen LogP) is 2.29. The fourth-order valence-electron chi connectivity index (χ4n) is 3.94. The number of hydrogen-bond acceptors (Lipinski definition) is 6. The Hall–Kier alpha value is -2.83. The molecule has 1 N–H and O–H groups in total. The van der Waals surface area contributed by atoms with Crippen LogP contribution in [0.25, 0.3) is 11.4 Å². The Morgan fingerprint density at radius 3 is 2.96 bits per heavy atom. The minimum atomic E-state index is 0.565. The van der Waals surface area contributed by atoms with Crippen LogP contribution in [0.5, 0.6) is 0 Å². The van der Waals surface area contributed by atoms with Gasteiger partial charge >= 0.3 is 0 Å². The van der Waals surface area contributed by atoms with E-state index in [1.54, 1.807) is 12.4 Å². The third-order valence-electron chi connectivity index (χ3n) is 5.36. The number of nitrogens with zero attached hydrogens (tertiary/aromatic N) is 6. The number of rotatable bonds is 4. The molecular formula is C19H21N7. The number of hydrogen-bond donors (Lipinski definition) is 1. The Labute approximate surface area is 151 Å². The smallest absolute Gasteiger partial charge is 0.161 e. The molecule has 0 saturated heterocycles. The number of pyridine rings is 1. The quantitative estimate of drug-likeness (QED) is 0.780. The normalized spacial score (nSPS) is 18.4. The van der Waals surface area contributed by atoms with Crippen molar-refractivity contribution in [2.24, 2.45) is 5.92 Å². The molecule has 0 spiro atoms. The standard InChI is InChI=1S/C19H21N7/c1-2-15-16(3-1)23-18(14-6-8-20-9-7-14)24-19(15)21-10-13-4-5-17-25-22-12-26(17)11-13/h6-9,12-13H,1-5,10-11H2,(H,21,23,24). The molecule has 26 heavy (non-hydrogen) atoms. The molecule has 0 radical (unpaired) electrons. The first-order chi connectivity index (χ1) is 12.9. The Kier molecular flexibility index (Phi) is 3.84. The van der Waals surface area contributed by atoms with Crippen molar-refractivity contribution in [3.8, 4) is 11.4 Å². The summed E-state index contributed by atoms with van der Waals surface area (Å²) in [6.45, 7) is 1.89. The lowest BCUT2D eigenvalue weighted by Gasteiger charge is -2.24. The lowest BCUT2D eigenvalue weighted by molar-refractivity contribution is 0.381. The molecular weight excluding hydrogens is 326 g/mol. The lowest BCUT2D eigenvalue weighted by Crippen LogP contribution is -2.26. The van der Waals surface area contributed by atoms with Gasteiger partial charge in [-0.1, -0.05) is 0 Å². The largest absolute Gasteiger partial charge is 0.369 e. The second-order valence-electron chi connectivity index (χ2n) is 7.10. The monoisotopic (exact) mass is 347 g/mol. The second kappa shape index (κ2) is 6.48. The van der Waals surface area contributed by atoms with Crippen LogP contribution in [0, 0.1) is 5.92 Å². The van der Waals surface area contributed by atoms with E-state index in [2.05, 4.69) is 25.1 Å². The summed E-state index contributed by atoms with van der Waals surface area (Å²) < 4.78 is 2.17. The summed E-state index contributed by atoms with van der Waals surface area (Å²) >= 11 is 0. The van der Waals surface area contributed by atoms with E-state index in [1.165, 1.54) is 11.3 Å². The first-order valence-electron chi connectivity index (χ1n) is 9.27. The molecule has 0 fully saturated rings. The average molecular weight is 347 g/mol. The summed E-state index contributed by atoms with van der Waals surface area (Å²) in [4.78, 5) is 13.7. The molecule has 1 unspecified atom stereocenters. The summed E-state index contributed by atoms with van der Waals surface area (Å²) in [5.41, 5.74) is 3.51. The van der Waals surface area contributed by atoms with Crippen molar-refractivity contribution in [3.63, 3.8) is 0 Å². The molecule has 7 heteroatoms. The van der Waals surface area contributed by atoms with Gasteiger partial charge in [-0.3, -0.25) is 4.98 Å². The van der Waals surface area contributed by atoms with Gasteiger partial charge in [-0.05, 0) is 43.7 Å². The van der Waals surface area contributed by atoms with Crippen molar-refractivity contribution in [1.29, 1.82) is 0 Å². The first-order valence-corrected chi connectivity index (χ1v) is 9.27. The SMILES string of the molecule is c1cc(-c2nc3c(c(NCC4CCc5nncn5C4)n2)CCC3)ccn1. The van der Waals surface area contributed by atoms with Gasteiger partial charge in [-0.25, -0.2) is 9.97 Å². The van der Waals surface area contributed by atoms with E-state index >= 15 is 0 Å². The highest BCUT2D eigenvalue weighted by Gasteiger charge is 2.23. The van der Waals surface area contributed by atoms with E-state index in [9.17, 15) is 0 Å². The molecule has 7 nitrogen and oxygen atoms in total. The number of aromatic nitrogens is 6. The maximum absolute atomic E-state index is 4.85. The Morgan fingerprint density at radius 1 is 1.12 bits per heavy atom. The van der Waals surface area contributed by atoms with Crippen LogP contribution in [-0.2, 0) is 25.8 Å². The number of nitrogens with one attached hydrogen (secondary N) is 1. The van der Waals surface area contributed by atoms with Crippen molar-refractivity contribution in [2.45, 2.75) is 38.6 Å². The van der Waals surface area contributed by atoms with E-state index in [0.29, 0.717) is 5.92 Å². The molecule has 5 rings (SSSR count). The third-order valence-corrected chi connectivity index (χ3v) is 5.36. The van der Waals surface area contributed by atoms with Crippen LogP contribution in [0.15, 0.2) is 30.9 Å². The molecule has 132 valence electrons. The minimum absolute atomic E-state index is 0.565. The van der Waals surface area contributed by atoms with Crippen LogP contribution in [0.2, 0.25) is 0 Å². The fourth-order valence-corrected chi connectivity index (χ4v) is 3.94. The van der Waals surface area contributed by atoms with Crippen molar-refractivity contribution in [3.05, 3.63) is 47.9 Å². The molecule has 1 aliphatic heterocycles. The van der Waals surface area contributed by atoms with Gasteiger partial charge in [0, 0.05) is 48.7 Å². The van der Waals surface area contributed by atoms with Crippen molar-refractivity contribution in [1.82, 2.24) is 29.7 Å². The average Bonchev–Trinajstić information content (AvgIpc) is 3.35. The van der Waals surface area contributed by atoms with Crippen LogP contribution >= 0.6 is 0 Å². The molecule has 0 bridgehead atoms. The summed E-state index contributed by atoms with van der Waals surface area (Å²) in [5.74, 6) is 3.47. The fraction of sp³-hybridized carbons (Fsp3) is 0.421. The lowest BCUT2D eigenvalue weighted by atomic mass is 9.99. The summed E-state index contributed by atoms with van der Waals surface area (Å²) in [6, 6.07) is 3.93. The van der Waals surface area contributed by atoms with Crippen molar-refractivity contribution < 1.29 is 0 Å². The van der Waals surface area contributed by atoms with Gasteiger partial charge in [0.25, 0.3) is 0 Å². The molecule has 1 atom stereocenters. The summed E-state index contributed by atoms with van der Waals surface area (Å²) in [5, 5.41) is 11.8. The zero-order valence-electron chi connectivity index (χ0n) is 14.6. The summed E-state index contributed by atoms with van der Waals surface area (Å²) in [6.07, 6.45) is 10.8. The van der Waals surface area contributed by atoms with Gasteiger partial charge in [-0.15, -0.1) is 10.2 Å². The maximum Gasteiger partial charge on any atom is 0.161 e. The molecule has 3 aromatic rings. The highest BCUT2D eigenvalue weighted by Crippen LogP contribution is 2.29. The van der Waals surface area contributed by atoms with Crippen molar-refractivity contribution >= 4 is 5.82 Å². The molecule has 4 heterocycles. The van der Waals surface area contributed by atoms with E-state index in [0.717, 1.165) is 68.2 Å². The number of fused-ring (bicyclic) bond motifs is 2. The molecule has 0 saturated carbocycles. The third kappa shape index (κ3) is 2.83. The zero-order valence-corrected chi connectivity index (χ0v) is 14.6. The highest BCUT2D eigenvalue weighted by molar-refractivity contribution is 5.60. The molecule has 0 amide bonds. The molecule has 2 aliphatic rings. The van der Waals surface area contributed by atoms with Gasteiger partial charge in [-0.2, -0.15) is 0 Å². The van der Waals surface area contributed by atoms with Crippen molar-refractivity contribution in [2.75, 3.05) is 11.9 Å². The van der Waals surface area contributed by atoms with E-state index in [1.807, 2.05) is 18.5 Å². The van der Waals surface area contributed by atoms with Gasteiger partial charge in [0.05, 0.1) is 0 Å². The van der Waals surface area contributed by atoms with E-state index in [-0.39, 0.29) is 0 Å². The van der Waals surface area contributed by atoms with Crippen LogP contribution in [0.4, 0.5) is 5.82 Å². The molecule has 1 aliphatic carbocycles.